The van der Waals surface area contributed by atoms with Crippen LogP contribution in [0.1, 0.15) is 24.0 Å². The summed E-state index contributed by atoms with van der Waals surface area (Å²) in [5.41, 5.74) is 1.39. The van der Waals surface area contributed by atoms with Gasteiger partial charge in [0.25, 0.3) is 0 Å². The Labute approximate surface area is 100 Å². The lowest BCUT2D eigenvalue weighted by molar-refractivity contribution is 0.240. The summed E-state index contributed by atoms with van der Waals surface area (Å²) >= 11 is 0. The fourth-order valence-corrected chi connectivity index (χ4v) is 1.55. The first kappa shape index (κ1) is 11.9. The highest BCUT2D eigenvalue weighted by Gasteiger charge is 2.21. The maximum absolute atomic E-state index is 13.2. The number of halogens is 1. The quantitative estimate of drug-likeness (QED) is 0.827. The minimum absolute atomic E-state index is 0.183. The molecule has 0 heterocycles. The highest BCUT2D eigenvalue weighted by atomic mass is 19.1. The van der Waals surface area contributed by atoms with Crippen molar-refractivity contribution in [3.8, 4) is 0 Å². The Hall–Kier alpha value is -1.58. The van der Waals surface area contributed by atoms with Crippen molar-refractivity contribution in [3.63, 3.8) is 0 Å². The third-order valence-corrected chi connectivity index (χ3v) is 2.94. The van der Waals surface area contributed by atoms with E-state index in [-0.39, 0.29) is 11.8 Å². The third-order valence-electron chi connectivity index (χ3n) is 2.94. The first-order valence-electron chi connectivity index (χ1n) is 5.92. The molecule has 2 N–H and O–H groups in total. The largest absolute Gasteiger partial charge is 0.338 e. The van der Waals surface area contributed by atoms with Crippen LogP contribution >= 0.6 is 0 Å². The summed E-state index contributed by atoms with van der Waals surface area (Å²) in [6.45, 7) is 2.82. The molecule has 17 heavy (non-hydrogen) atoms. The van der Waals surface area contributed by atoms with Crippen LogP contribution < -0.4 is 10.6 Å². The molecule has 1 aromatic carbocycles. The van der Waals surface area contributed by atoms with E-state index in [0.29, 0.717) is 18.0 Å². The predicted molar refractivity (Wildman–Crippen MR) is 64.1 cm³/mol. The second-order valence-corrected chi connectivity index (χ2v) is 4.59. The molecule has 4 heteroatoms. The van der Waals surface area contributed by atoms with Gasteiger partial charge in [0.05, 0.1) is 0 Å². The molecule has 0 spiro atoms. The van der Waals surface area contributed by atoms with E-state index in [1.54, 1.807) is 13.0 Å². The van der Waals surface area contributed by atoms with E-state index >= 15 is 0 Å². The summed E-state index contributed by atoms with van der Waals surface area (Å²) in [7, 11) is 0. The van der Waals surface area contributed by atoms with Crippen LogP contribution in [-0.4, -0.2) is 12.6 Å². The minimum Gasteiger partial charge on any atom is -0.338 e. The van der Waals surface area contributed by atoms with Gasteiger partial charge in [0.2, 0.25) is 0 Å². The Morgan fingerprint density at radius 3 is 2.82 bits per heavy atom. The topological polar surface area (TPSA) is 41.1 Å². The first-order chi connectivity index (χ1) is 8.15. The monoisotopic (exact) mass is 236 g/mol. The molecule has 1 fully saturated rings. The second kappa shape index (κ2) is 5.17. The molecule has 0 radical (unpaired) electrons. The highest BCUT2D eigenvalue weighted by Crippen LogP contribution is 2.27. The standard InChI is InChI=1S/C13H17FN2O/c1-9-2-3-11(6-12(9)14)8-16-13(17)15-7-10-4-5-10/h2-3,6,10H,4-5,7-8H2,1H3,(H2,15,16,17). The van der Waals surface area contributed by atoms with Crippen LogP contribution in [-0.2, 0) is 6.54 Å². The lowest BCUT2D eigenvalue weighted by atomic mass is 10.1. The average Bonchev–Trinajstić information content (AvgIpc) is 3.12. The Kier molecular flexibility index (Phi) is 3.61. The number of hydrogen-bond donors (Lipinski definition) is 2. The molecule has 1 aliphatic rings. The molecule has 92 valence electrons. The van der Waals surface area contributed by atoms with E-state index in [0.717, 1.165) is 12.1 Å². The zero-order valence-electron chi connectivity index (χ0n) is 9.92. The maximum atomic E-state index is 13.2. The number of aryl methyl sites for hydroxylation is 1. The minimum atomic E-state index is -0.234. The van der Waals surface area contributed by atoms with Crippen molar-refractivity contribution in [2.24, 2.45) is 5.92 Å². The molecule has 0 aliphatic heterocycles. The Morgan fingerprint density at radius 1 is 1.41 bits per heavy atom. The normalized spacial score (nSPS) is 14.5. The summed E-state index contributed by atoms with van der Waals surface area (Å²) in [5.74, 6) is 0.431. The van der Waals surface area contributed by atoms with E-state index in [4.69, 9.17) is 0 Å². The molecule has 2 rings (SSSR count). The molecule has 1 aromatic rings. The lowest BCUT2D eigenvalue weighted by Crippen LogP contribution is -2.36. The van der Waals surface area contributed by atoms with Gasteiger partial charge in [0, 0.05) is 13.1 Å². The van der Waals surface area contributed by atoms with Gasteiger partial charge >= 0.3 is 6.03 Å². The van der Waals surface area contributed by atoms with Crippen molar-refractivity contribution in [1.82, 2.24) is 10.6 Å². The summed E-state index contributed by atoms with van der Waals surface area (Å²) in [5, 5.41) is 5.51. The second-order valence-electron chi connectivity index (χ2n) is 4.59. The summed E-state index contributed by atoms with van der Waals surface area (Å²) in [6, 6.07) is 4.81. The molecule has 0 atom stereocenters. The molecule has 0 unspecified atom stereocenters. The molecular weight excluding hydrogens is 219 g/mol. The van der Waals surface area contributed by atoms with Crippen molar-refractivity contribution < 1.29 is 9.18 Å². The van der Waals surface area contributed by atoms with Crippen molar-refractivity contribution in [2.45, 2.75) is 26.3 Å². The van der Waals surface area contributed by atoms with Crippen LogP contribution in [0.5, 0.6) is 0 Å². The molecule has 0 bridgehead atoms. The van der Waals surface area contributed by atoms with Gasteiger partial charge in [0.1, 0.15) is 5.82 Å². The molecule has 2 amide bonds. The van der Waals surface area contributed by atoms with Gasteiger partial charge in [-0.05, 0) is 42.9 Å². The van der Waals surface area contributed by atoms with E-state index in [9.17, 15) is 9.18 Å². The number of carbonyl (C=O) groups is 1. The molecule has 0 aromatic heterocycles. The number of hydrogen-bond acceptors (Lipinski definition) is 1. The number of amides is 2. The van der Waals surface area contributed by atoms with Gasteiger partial charge < -0.3 is 10.6 Å². The predicted octanol–water partition coefficient (Wildman–Crippen LogP) is 2.34. The fourth-order valence-electron chi connectivity index (χ4n) is 1.55. The molecule has 1 saturated carbocycles. The van der Waals surface area contributed by atoms with Crippen molar-refractivity contribution in [3.05, 3.63) is 35.1 Å². The maximum Gasteiger partial charge on any atom is 0.315 e. The van der Waals surface area contributed by atoms with Gasteiger partial charge in [-0.3, -0.25) is 0 Å². The van der Waals surface area contributed by atoms with Crippen molar-refractivity contribution in [1.29, 1.82) is 0 Å². The van der Waals surface area contributed by atoms with Gasteiger partial charge in [-0.2, -0.15) is 0 Å². The lowest BCUT2D eigenvalue weighted by Gasteiger charge is -2.07. The van der Waals surface area contributed by atoms with Crippen LogP contribution in [0.3, 0.4) is 0 Å². The van der Waals surface area contributed by atoms with Crippen molar-refractivity contribution in [2.75, 3.05) is 6.54 Å². The van der Waals surface area contributed by atoms with Crippen molar-refractivity contribution >= 4 is 6.03 Å². The molecule has 3 nitrogen and oxygen atoms in total. The van der Waals surface area contributed by atoms with E-state index < -0.39 is 0 Å². The van der Waals surface area contributed by atoms with Crippen LogP contribution in [0.2, 0.25) is 0 Å². The summed E-state index contributed by atoms with van der Waals surface area (Å²) in [6.07, 6.45) is 2.42. The average molecular weight is 236 g/mol. The van der Waals surface area contributed by atoms with Gasteiger partial charge in [-0.25, -0.2) is 9.18 Å². The SMILES string of the molecule is Cc1ccc(CNC(=O)NCC2CC2)cc1F. The molecular formula is C13H17FN2O. The summed E-state index contributed by atoms with van der Waals surface area (Å²) < 4.78 is 13.2. The Bertz CT molecular complexity index is 416. The van der Waals surface area contributed by atoms with Crippen LogP contribution in [0.4, 0.5) is 9.18 Å². The smallest absolute Gasteiger partial charge is 0.315 e. The Balaban J connectivity index is 1.75. The van der Waals surface area contributed by atoms with Gasteiger partial charge in [-0.15, -0.1) is 0 Å². The number of carbonyl (C=O) groups excluding carboxylic acids is 1. The summed E-state index contributed by atoms with van der Waals surface area (Å²) in [4.78, 5) is 11.4. The zero-order chi connectivity index (χ0) is 12.3. The fraction of sp³-hybridized carbons (Fsp3) is 0.462. The first-order valence-corrected chi connectivity index (χ1v) is 5.92. The van der Waals surface area contributed by atoms with Gasteiger partial charge in [-0.1, -0.05) is 12.1 Å². The third kappa shape index (κ3) is 3.73. The van der Waals surface area contributed by atoms with E-state index in [2.05, 4.69) is 10.6 Å². The zero-order valence-corrected chi connectivity index (χ0v) is 9.92. The number of nitrogens with one attached hydrogen (secondary N) is 2. The van der Waals surface area contributed by atoms with Gasteiger partial charge in [0.15, 0.2) is 0 Å². The van der Waals surface area contributed by atoms with E-state index in [1.165, 1.54) is 18.9 Å². The van der Waals surface area contributed by atoms with Crippen LogP contribution in [0.25, 0.3) is 0 Å². The molecule has 0 saturated heterocycles. The van der Waals surface area contributed by atoms with Crippen LogP contribution in [0, 0.1) is 18.7 Å². The highest BCUT2D eigenvalue weighted by molar-refractivity contribution is 5.73. The Morgan fingerprint density at radius 2 is 2.18 bits per heavy atom. The van der Waals surface area contributed by atoms with Crippen LogP contribution in [0.15, 0.2) is 18.2 Å². The number of benzene rings is 1. The molecule has 1 aliphatic carbocycles. The van der Waals surface area contributed by atoms with E-state index in [1.807, 2.05) is 6.07 Å². The number of urea groups is 1. The number of rotatable bonds is 4.